The first kappa shape index (κ1) is 17.1. The summed E-state index contributed by atoms with van der Waals surface area (Å²) in [5, 5.41) is 6.80. The Morgan fingerprint density at radius 2 is 1.96 bits per heavy atom. The van der Waals surface area contributed by atoms with Gasteiger partial charge >= 0.3 is 5.97 Å². The number of nitrogens with one attached hydrogen (secondary N) is 1. The zero-order valence-electron chi connectivity index (χ0n) is 13.3. The van der Waals surface area contributed by atoms with Gasteiger partial charge in [-0.1, -0.05) is 0 Å². The number of carbonyl (C=O) groups excluding carboxylic acids is 2. The van der Waals surface area contributed by atoms with E-state index in [0.29, 0.717) is 11.4 Å². The van der Waals surface area contributed by atoms with Crippen molar-refractivity contribution < 1.29 is 14.3 Å². The van der Waals surface area contributed by atoms with Gasteiger partial charge in [0.05, 0.1) is 11.8 Å². The second-order valence-corrected chi connectivity index (χ2v) is 5.99. The Hall–Kier alpha value is -2.28. The van der Waals surface area contributed by atoms with Gasteiger partial charge in [0.1, 0.15) is 5.82 Å². The number of benzene rings is 1. The summed E-state index contributed by atoms with van der Waals surface area (Å²) in [5.74, 6) is -0.350. The van der Waals surface area contributed by atoms with Crippen LogP contribution in [0.15, 0.2) is 41.4 Å². The van der Waals surface area contributed by atoms with E-state index in [1.54, 1.807) is 40.8 Å². The minimum absolute atomic E-state index is 0.123. The van der Waals surface area contributed by atoms with Gasteiger partial charge in [-0.3, -0.25) is 4.79 Å². The van der Waals surface area contributed by atoms with Crippen LogP contribution in [0.25, 0.3) is 0 Å². The van der Waals surface area contributed by atoms with Gasteiger partial charge in [0.25, 0.3) is 5.91 Å². The Balaban J connectivity index is 1.88. The van der Waals surface area contributed by atoms with E-state index in [0.717, 1.165) is 4.90 Å². The molecule has 0 unspecified atom stereocenters. The summed E-state index contributed by atoms with van der Waals surface area (Å²) in [6, 6.07) is 8.85. The molecule has 2 rings (SSSR count). The highest BCUT2D eigenvalue weighted by Gasteiger charge is 2.13. The third-order valence-electron chi connectivity index (χ3n) is 3.09. The van der Waals surface area contributed by atoms with Gasteiger partial charge in [-0.2, -0.15) is 5.10 Å². The van der Waals surface area contributed by atoms with Crippen molar-refractivity contribution >= 4 is 29.5 Å². The van der Waals surface area contributed by atoms with Crippen LogP contribution in [0.5, 0.6) is 0 Å². The molecule has 7 heteroatoms. The number of thioether (sulfide) groups is 1. The van der Waals surface area contributed by atoms with Crippen LogP contribution in [0.4, 0.5) is 5.82 Å². The Morgan fingerprint density at radius 3 is 2.57 bits per heavy atom. The highest BCUT2D eigenvalue weighted by molar-refractivity contribution is 7.98. The number of carbonyl (C=O) groups is 2. The third-order valence-corrected chi connectivity index (χ3v) is 3.83. The van der Waals surface area contributed by atoms with Gasteiger partial charge in [-0.25, -0.2) is 9.48 Å². The molecule has 6 nitrogen and oxygen atoms in total. The van der Waals surface area contributed by atoms with E-state index in [-0.39, 0.29) is 12.6 Å². The summed E-state index contributed by atoms with van der Waals surface area (Å²) in [5.41, 5.74) is 0.419. The lowest BCUT2D eigenvalue weighted by molar-refractivity contribution is -0.119. The zero-order valence-corrected chi connectivity index (χ0v) is 14.1. The van der Waals surface area contributed by atoms with Crippen molar-refractivity contribution in [3.63, 3.8) is 0 Å². The molecular weight excluding hydrogens is 314 g/mol. The van der Waals surface area contributed by atoms with Crippen molar-refractivity contribution in [2.75, 3.05) is 18.2 Å². The van der Waals surface area contributed by atoms with Crippen molar-refractivity contribution in [2.45, 2.75) is 24.8 Å². The molecule has 0 fully saturated rings. The number of rotatable bonds is 6. The second-order valence-electron chi connectivity index (χ2n) is 5.11. The lowest BCUT2D eigenvalue weighted by Crippen LogP contribution is -2.23. The summed E-state index contributed by atoms with van der Waals surface area (Å²) in [6.45, 7) is 3.58. The average molecular weight is 333 g/mol. The van der Waals surface area contributed by atoms with E-state index in [4.69, 9.17) is 4.74 Å². The second kappa shape index (κ2) is 7.82. The molecule has 0 saturated heterocycles. The SMILES string of the molecule is CSc1ccc(C(=O)OCC(=O)Nc2ccnn2C(C)C)cc1. The van der Waals surface area contributed by atoms with E-state index in [1.807, 2.05) is 32.2 Å². The number of anilines is 1. The Labute approximate surface area is 139 Å². The molecule has 0 atom stereocenters. The monoisotopic (exact) mass is 333 g/mol. The fourth-order valence-corrected chi connectivity index (χ4v) is 2.35. The van der Waals surface area contributed by atoms with Crippen LogP contribution in [0.2, 0.25) is 0 Å². The van der Waals surface area contributed by atoms with Crippen LogP contribution in [0, 0.1) is 0 Å². The maximum atomic E-state index is 11.9. The first-order valence-electron chi connectivity index (χ1n) is 7.16. The molecule has 0 radical (unpaired) electrons. The normalized spacial score (nSPS) is 10.6. The summed E-state index contributed by atoms with van der Waals surface area (Å²) in [6.07, 6.45) is 3.56. The lowest BCUT2D eigenvalue weighted by Gasteiger charge is -2.11. The van der Waals surface area contributed by atoms with Gasteiger partial charge in [-0.15, -0.1) is 11.8 Å². The number of esters is 1. The Kier molecular flexibility index (Phi) is 5.81. The number of hydrogen-bond acceptors (Lipinski definition) is 5. The van der Waals surface area contributed by atoms with Crippen molar-refractivity contribution in [2.24, 2.45) is 0 Å². The van der Waals surface area contributed by atoms with Crippen molar-refractivity contribution in [3.8, 4) is 0 Å². The van der Waals surface area contributed by atoms with Crippen molar-refractivity contribution in [1.29, 1.82) is 0 Å². The molecule has 1 amide bonds. The molecule has 23 heavy (non-hydrogen) atoms. The van der Waals surface area contributed by atoms with E-state index in [2.05, 4.69) is 10.4 Å². The van der Waals surface area contributed by atoms with Crippen LogP contribution in [-0.2, 0) is 9.53 Å². The fraction of sp³-hybridized carbons (Fsp3) is 0.312. The molecule has 1 aromatic heterocycles. The predicted molar refractivity (Wildman–Crippen MR) is 89.7 cm³/mol. The summed E-state index contributed by atoms with van der Waals surface area (Å²) >= 11 is 1.59. The lowest BCUT2D eigenvalue weighted by atomic mass is 10.2. The number of nitrogens with zero attached hydrogens (tertiary/aromatic N) is 2. The average Bonchev–Trinajstić information content (AvgIpc) is 3.01. The number of amides is 1. The molecule has 0 spiro atoms. The minimum Gasteiger partial charge on any atom is -0.452 e. The molecular formula is C16H19N3O3S. The molecule has 0 aliphatic carbocycles. The zero-order chi connectivity index (χ0) is 16.8. The first-order valence-corrected chi connectivity index (χ1v) is 8.38. The van der Waals surface area contributed by atoms with Crippen molar-refractivity contribution in [1.82, 2.24) is 9.78 Å². The van der Waals surface area contributed by atoms with E-state index >= 15 is 0 Å². The van der Waals surface area contributed by atoms with Gasteiger partial charge in [0.2, 0.25) is 0 Å². The van der Waals surface area contributed by atoms with Crippen LogP contribution in [0.1, 0.15) is 30.2 Å². The van der Waals surface area contributed by atoms with Gasteiger partial charge in [0.15, 0.2) is 6.61 Å². The van der Waals surface area contributed by atoms with Crippen LogP contribution >= 0.6 is 11.8 Å². The van der Waals surface area contributed by atoms with Gasteiger partial charge < -0.3 is 10.1 Å². The Morgan fingerprint density at radius 1 is 1.26 bits per heavy atom. The predicted octanol–water partition coefficient (Wildman–Crippen LogP) is 2.98. The van der Waals surface area contributed by atoms with E-state index in [9.17, 15) is 9.59 Å². The molecule has 2 aromatic rings. The van der Waals surface area contributed by atoms with Crippen LogP contribution in [0.3, 0.4) is 0 Å². The highest BCUT2D eigenvalue weighted by atomic mass is 32.2. The maximum Gasteiger partial charge on any atom is 0.338 e. The summed E-state index contributed by atoms with van der Waals surface area (Å²) < 4.78 is 6.71. The number of ether oxygens (including phenoxy) is 1. The molecule has 122 valence electrons. The van der Waals surface area contributed by atoms with Gasteiger partial charge in [-0.05, 0) is 44.4 Å². The molecule has 0 aliphatic rings. The summed E-state index contributed by atoms with van der Waals surface area (Å²) in [4.78, 5) is 24.8. The third kappa shape index (κ3) is 4.59. The van der Waals surface area contributed by atoms with Gasteiger partial charge in [0, 0.05) is 17.0 Å². The standard InChI is InChI=1S/C16H19N3O3S/c1-11(2)19-14(8-9-17-19)18-15(20)10-22-16(21)12-4-6-13(23-3)7-5-12/h4-9,11H,10H2,1-3H3,(H,18,20). The molecule has 1 aromatic carbocycles. The molecule has 0 saturated carbocycles. The highest BCUT2D eigenvalue weighted by Crippen LogP contribution is 2.15. The molecule has 0 aliphatic heterocycles. The largest absolute Gasteiger partial charge is 0.452 e. The van der Waals surface area contributed by atoms with Crippen LogP contribution in [-0.4, -0.2) is 34.5 Å². The topological polar surface area (TPSA) is 73.2 Å². The molecule has 0 bridgehead atoms. The smallest absolute Gasteiger partial charge is 0.338 e. The minimum atomic E-state index is -0.523. The quantitative estimate of drug-likeness (QED) is 0.650. The molecule has 1 N–H and O–H groups in total. The van der Waals surface area contributed by atoms with E-state index < -0.39 is 11.9 Å². The Bertz CT molecular complexity index is 680. The maximum absolute atomic E-state index is 11.9. The summed E-state index contributed by atoms with van der Waals surface area (Å²) in [7, 11) is 0. The fourth-order valence-electron chi connectivity index (χ4n) is 1.95. The number of aromatic nitrogens is 2. The first-order chi connectivity index (χ1) is 11.0. The number of hydrogen-bond donors (Lipinski definition) is 1. The van der Waals surface area contributed by atoms with Crippen LogP contribution < -0.4 is 5.32 Å². The van der Waals surface area contributed by atoms with Crippen molar-refractivity contribution in [3.05, 3.63) is 42.1 Å². The molecule has 1 heterocycles. The van der Waals surface area contributed by atoms with E-state index in [1.165, 1.54) is 0 Å².